The van der Waals surface area contributed by atoms with Gasteiger partial charge in [-0.1, -0.05) is 60.7 Å². The van der Waals surface area contributed by atoms with Crippen LogP contribution in [0.3, 0.4) is 0 Å². The fourth-order valence-electron chi connectivity index (χ4n) is 4.66. The van der Waals surface area contributed by atoms with Crippen LogP contribution in [0.15, 0.2) is 115 Å². The lowest BCUT2D eigenvalue weighted by Gasteiger charge is -2.17. The molecule has 0 aliphatic carbocycles. The Morgan fingerprint density at radius 2 is 1.08 bits per heavy atom. The van der Waals surface area contributed by atoms with Crippen molar-refractivity contribution in [3.63, 3.8) is 0 Å². The maximum absolute atomic E-state index is 13.4. The third-order valence-electron chi connectivity index (χ3n) is 7.08. The Morgan fingerprint density at radius 1 is 0.625 bits per heavy atom. The second kappa shape index (κ2) is 15.3. The van der Waals surface area contributed by atoms with Crippen molar-refractivity contribution in [2.75, 3.05) is 16.4 Å². The number of nitrogens with two attached hydrogens (primary N) is 1. The molecule has 0 bridgehead atoms. The molecule has 0 aromatic heterocycles. The molecule has 2 amide bonds. The van der Waals surface area contributed by atoms with Gasteiger partial charge in [0.1, 0.15) is 30.5 Å². The summed E-state index contributed by atoms with van der Waals surface area (Å²) >= 11 is 0. The molecule has 5 N–H and O–H groups in total. The van der Waals surface area contributed by atoms with Gasteiger partial charge in [-0.2, -0.15) is 0 Å². The molecule has 0 aliphatic heterocycles. The van der Waals surface area contributed by atoms with Gasteiger partial charge in [0.05, 0.1) is 28.7 Å². The van der Waals surface area contributed by atoms with Gasteiger partial charge >= 0.3 is 5.97 Å². The second-order valence-electron chi connectivity index (χ2n) is 11.1. The molecule has 0 saturated carbocycles. The molecule has 5 rings (SSSR count). The molecule has 0 fully saturated rings. The molecule has 0 heterocycles. The number of aromatic carboxylic acids is 1. The number of carbonyl (C=O) groups excluding carboxylic acids is 2. The Kier molecular flexibility index (Phi) is 10.6. The van der Waals surface area contributed by atoms with Crippen molar-refractivity contribution in [1.29, 1.82) is 0 Å². The van der Waals surface area contributed by atoms with E-state index in [0.29, 0.717) is 28.4 Å². The Labute approximate surface area is 278 Å². The van der Waals surface area contributed by atoms with Crippen LogP contribution in [0.4, 0.5) is 17.1 Å². The number of ether oxygens (including phenoxy) is 3. The van der Waals surface area contributed by atoms with E-state index in [1.54, 1.807) is 44.2 Å². The monoisotopic (exact) mass is 645 g/mol. The lowest BCUT2D eigenvalue weighted by atomic mass is 10.1. The molecule has 10 heteroatoms. The number of benzene rings is 5. The van der Waals surface area contributed by atoms with Crippen molar-refractivity contribution >= 4 is 34.8 Å². The van der Waals surface area contributed by atoms with Gasteiger partial charge in [0, 0.05) is 11.1 Å². The number of anilines is 3. The van der Waals surface area contributed by atoms with Crippen LogP contribution in [0.1, 0.15) is 56.0 Å². The molecular weight excluding hydrogens is 610 g/mol. The van der Waals surface area contributed by atoms with Crippen LogP contribution < -0.4 is 30.6 Å². The summed E-state index contributed by atoms with van der Waals surface area (Å²) in [5.74, 6) is -1.19. The summed E-state index contributed by atoms with van der Waals surface area (Å²) in [6, 6.07) is 32.7. The Hall–Kier alpha value is -6.29. The van der Waals surface area contributed by atoms with Crippen molar-refractivity contribution < 1.29 is 33.7 Å². The number of hydrogen-bond donors (Lipinski definition) is 4. The summed E-state index contributed by atoms with van der Waals surface area (Å²) in [5, 5.41) is 15.1. The van der Waals surface area contributed by atoms with Crippen LogP contribution in [0, 0.1) is 0 Å². The minimum atomic E-state index is -1.12. The third-order valence-corrected chi connectivity index (χ3v) is 7.08. The van der Waals surface area contributed by atoms with E-state index in [1.165, 1.54) is 24.3 Å². The van der Waals surface area contributed by atoms with E-state index in [-0.39, 0.29) is 41.9 Å². The predicted molar refractivity (Wildman–Crippen MR) is 184 cm³/mol. The quantitative estimate of drug-likeness (QED) is 0.0967. The molecule has 0 aliphatic rings. The first kappa shape index (κ1) is 33.1. The molecule has 0 spiro atoms. The first-order valence-corrected chi connectivity index (χ1v) is 15.2. The van der Waals surface area contributed by atoms with Gasteiger partial charge in [0.15, 0.2) is 0 Å². The Balaban J connectivity index is 1.38. The summed E-state index contributed by atoms with van der Waals surface area (Å²) in [5.41, 5.74) is 9.58. The van der Waals surface area contributed by atoms with Gasteiger partial charge in [0.25, 0.3) is 11.8 Å². The molecule has 0 radical (unpaired) electrons. The zero-order valence-electron chi connectivity index (χ0n) is 26.4. The molecule has 244 valence electrons. The van der Waals surface area contributed by atoms with Gasteiger partial charge in [0.2, 0.25) is 0 Å². The molecule has 10 nitrogen and oxygen atoms in total. The number of nitrogen functional groups attached to an aromatic ring is 1. The van der Waals surface area contributed by atoms with Crippen molar-refractivity contribution in [2.24, 2.45) is 0 Å². The SMILES string of the molecule is CC(C)Oc1cc(C(=O)O)ccc1NC(=O)c1ccc(NC(=O)c2ccc(N)c(OCc3ccccc3)c2)c(OCc2ccccc2)c1. The second-order valence-corrected chi connectivity index (χ2v) is 11.1. The van der Waals surface area contributed by atoms with E-state index in [9.17, 15) is 19.5 Å². The van der Waals surface area contributed by atoms with Gasteiger partial charge in [-0.05, 0) is 79.6 Å². The average Bonchev–Trinajstić information content (AvgIpc) is 3.08. The normalized spacial score (nSPS) is 10.6. The van der Waals surface area contributed by atoms with Crippen LogP contribution in [-0.2, 0) is 13.2 Å². The number of hydrogen-bond acceptors (Lipinski definition) is 7. The van der Waals surface area contributed by atoms with Crippen LogP contribution >= 0.6 is 0 Å². The minimum absolute atomic E-state index is 0.0244. The maximum Gasteiger partial charge on any atom is 0.335 e. The van der Waals surface area contributed by atoms with Crippen LogP contribution in [0.5, 0.6) is 17.2 Å². The lowest BCUT2D eigenvalue weighted by molar-refractivity contribution is 0.0695. The van der Waals surface area contributed by atoms with Gasteiger partial charge in [-0.15, -0.1) is 0 Å². The van der Waals surface area contributed by atoms with E-state index in [2.05, 4.69) is 10.6 Å². The smallest absolute Gasteiger partial charge is 0.335 e. The molecule has 5 aromatic carbocycles. The highest BCUT2D eigenvalue weighted by molar-refractivity contribution is 6.08. The molecule has 0 unspecified atom stereocenters. The van der Waals surface area contributed by atoms with Crippen LogP contribution in [0.25, 0.3) is 0 Å². The third kappa shape index (κ3) is 8.70. The Morgan fingerprint density at radius 3 is 1.62 bits per heavy atom. The number of carboxylic acids is 1. The zero-order chi connectivity index (χ0) is 34.0. The van der Waals surface area contributed by atoms with Crippen LogP contribution in [-0.4, -0.2) is 29.0 Å². The minimum Gasteiger partial charge on any atom is -0.489 e. The number of carboxylic acid groups (broad SMARTS) is 1. The van der Waals surface area contributed by atoms with Crippen molar-refractivity contribution in [3.05, 3.63) is 143 Å². The van der Waals surface area contributed by atoms with E-state index in [1.807, 2.05) is 60.7 Å². The molecule has 48 heavy (non-hydrogen) atoms. The van der Waals surface area contributed by atoms with Gasteiger partial charge < -0.3 is 35.7 Å². The van der Waals surface area contributed by atoms with E-state index in [0.717, 1.165) is 11.1 Å². The maximum atomic E-state index is 13.4. The average molecular weight is 646 g/mol. The molecule has 0 atom stereocenters. The largest absolute Gasteiger partial charge is 0.489 e. The molecule has 5 aromatic rings. The highest BCUT2D eigenvalue weighted by Crippen LogP contribution is 2.31. The first-order chi connectivity index (χ1) is 23.2. The fourth-order valence-corrected chi connectivity index (χ4v) is 4.66. The Bertz CT molecular complexity index is 1910. The van der Waals surface area contributed by atoms with Gasteiger partial charge in [-0.3, -0.25) is 9.59 Å². The lowest BCUT2D eigenvalue weighted by Crippen LogP contribution is -2.16. The van der Waals surface area contributed by atoms with Crippen molar-refractivity contribution in [2.45, 2.75) is 33.2 Å². The highest BCUT2D eigenvalue weighted by atomic mass is 16.5. The summed E-state index contributed by atoms with van der Waals surface area (Å²) in [7, 11) is 0. The number of amides is 2. The van der Waals surface area contributed by atoms with E-state index >= 15 is 0 Å². The molecular formula is C38H35N3O7. The summed E-state index contributed by atoms with van der Waals surface area (Å²) in [6.07, 6.45) is -0.266. The van der Waals surface area contributed by atoms with Crippen molar-refractivity contribution in [3.8, 4) is 17.2 Å². The summed E-state index contributed by atoms with van der Waals surface area (Å²) < 4.78 is 17.8. The number of nitrogens with one attached hydrogen (secondary N) is 2. The standard InChI is InChI=1S/C38H35N3O7/c1-24(2)48-35-21-29(38(44)45)15-18-32(35)41-37(43)28-14-17-31(34(20-28)47-23-26-11-7-4-8-12-26)40-36(42)27-13-16-30(39)33(19-27)46-22-25-9-5-3-6-10-25/h3-21,24H,22-23,39H2,1-2H3,(H,40,42)(H,41,43)(H,44,45). The van der Waals surface area contributed by atoms with E-state index in [4.69, 9.17) is 19.9 Å². The van der Waals surface area contributed by atoms with Crippen LogP contribution in [0.2, 0.25) is 0 Å². The summed E-state index contributed by atoms with van der Waals surface area (Å²) in [6.45, 7) is 4.06. The van der Waals surface area contributed by atoms with Crippen molar-refractivity contribution in [1.82, 2.24) is 0 Å². The predicted octanol–water partition coefficient (Wildman–Crippen LogP) is 7.42. The summed E-state index contributed by atoms with van der Waals surface area (Å²) in [4.78, 5) is 38.4. The molecule has 0 saturated heterocycles. The highest BCUT2D eigenvalue weighted by Gasteiger charge is 2.18. The van der Waals surface area contributed by atoms with Gasteiger partial charge in [-0.25, -0.2) is 4.79 Å². The van der Waals surface area contributed by atoms with E-state index < -0.39 is 17.8 Å². The fraction of sp³-hybridized carbons (Fsp3) is 0.132. The first-order valence-electron chi connectivity index (χ1n) is 15.2. The number of rotatable bonds is 13. The number of carbonyl (C=O) groups is 3. The topological polar surface area (TPSA) is 149 Å². The zero-order valence-corrected chi connectivity index (χ0v) is 26.4.